The third kappa shape index (κ3) is 4.60. The second-order valence-corrected chi connectivity index (χ2v) is 6.92. The maximum atomic E-state index is 11.4. The standard InChI is InChI=1S/C12H20NO3P/c1-12(2,3)11(17(14,15)16)13-9-10-7-5-4-6-8-10/h4-8,11,13H,9H2,1-3H3,(H2,14,15,16). The van der Waals surface area contributed by atoms with Gasteiger partial charge in [0, 0.05) is 6.54 Å². The zero-order valence-corrected chi connectivity index (χ0v) is 11.3. The van der Waals surface area contributed by atoms with Gasteiger partial charge in [0.25, 0.3) is 0 Å². The molecule has 0 amide bonds. The number of hydrogen-bond acceptors (Lipinski definition) is 2. The van der Waals surface area contributed by atoms with E-state index < -0.39 is 18.8 Å². The van der Waals surface area contributed by atoms with E-state index in [1.807, 2.05) is 51.1 Å². The van der Waals surface area contributed by atoms with E-state index in [4.69, 9.17) is 0 Å². The largest absolute Gasteiger partial charge is 0.342 e. The lowest BCUT2D eigenvalue weighted by Crippen LogP contribution is -2.39. The molecule has 17 heavy (non-hydrogen) atoms. The Morgan fingerprint density at radius 1 is 1.24 bits per heavy atom. The molecule has 0 aliphatic heterocycles. The molecule has 0 spiro atoms. The van der Waals surface area contributed by atoms with Crippen LogP contribution < -0.4 is 5.32 Å². The van der Waals surface area contributed by atoms with E-state index in [1.165, 1.54) is 0 Å². The molecular weight excluding hydrogens is 237 g/mol. The fourth-order valence-corrected chi connectivity index (χ4v) is 3.08. The van der Waals surface area contributed by atoms with E-state index in [2.05, 4.69) is 5.32 Å². The van der Waals surface area contributed by atoms with Crippen LogP contribution in [0, 0.1) is 5.41 Å². The van der Waals surface area contributed by atoms with E-state index in [9.17, 15) is 14.4 Å². The molecule has 96 valence electrons. The molecule has 0 saturated carbocycles. The third-order valence-corrected chi connectivity index (χ3v) is 4.13. The maximum Gasteiger partial charge on any atom is 0.342 e. The minimum atomic E-state index is -4.15. The molecule has 0 fully saturated rings. The minimum Gasteiger partial charge on any atom is -0.323 e. The van der Waals surface area contributed by atoms with Gasteiger partial charge in [-0.15, -0.1) is 0 Å². The molecule has 5 heteroatoms. The molecule has 1 aromatic carbocycles. The monoisotopic (exact) mass is 257 g/mol. The zero-order chi connectivity index (χ0) is 13.1. The number of benzene rings is 1. The Kier molecular flexibility index (Phi) is 4.50. The van der Waals surface area contributed by atoms with E-state index in [0.29, 0.717) is 6.54 Å². The molecule has 4 nitrogen and oxygen atoms in total. The van der Waals surface area contributed by atoms with Crippen molar-refractivity contribution in [1.82, 2.24) is 5.32 Å². The first-order valence-electron chi connectivity index (χ1n) is 5.54. The summed E-state index contributed by atoms with van der Waals surface area (Å²) in [7, 11) is -4.15. The molecule has 0 heterocycles. The third-order valence-electron chi connectivity index (χ3n) is 2.50. The minimum absolute atomic E-state index is 0.452. The molecule has 0 saturated heterocycles. The van der Waals surface area contributed by atoms with Gasteiger partial charge < -0.3 is 9.79 Å². The van der Waals surface area contributed by atoms with E-state index >= 15 is 0 Å². The van der Waals surface area contributed by atoms with Crippen molar-refractivity contribution in [1.29, 1.82) is 0 Å². The number of nitrogens with one attached hydrogen (secondary N) is 1. The molecule has 3 N–H and O–H groups in total. The lowest BCUT2D eigenvalue weighted by atomic mass is 9.96. The maximum absolute atomic E-state index is 11.4. The molecule has 0 aliphatic rings. The van der Waals surface area contributed by atoms with Crippen LogP contribution in [0.2, 0.25) is 0 Å². The Labute approximate surface area is 102 Å². The lowest BCUT2D eigenvalue weighted by Gasteiger charge is -2.31. The molecule has 1 atom stereocenters. The van der Waals surface area contributed by atoms with Crippen LogP contribution >= 0.6 is 7.60 Å². The van der Waals surface area contributed by atoms with Gasteiger partial charge >= 0.3 is 7.60 Å². The van der Waals surface area contributed by atoms with E-state index in [1.54, 1.807) is 0 Å². The highest BCUT2D eigenvalue weighted by Gasteiger charge is 2.38. The van der Waals surface area contributed by atoms with Crippen LogP contribution in [-0.4, -0.2) is 15.6 Å². The van der Waals surface area contributed by atoms with Crippen molar-refractivity contribution in [3.8, 4) is 0 Å². The Morgan fingerprint density at radius 3 is 2.18 bits per heavy atom. The van der Waals surface area contributed by atoms with E-state index in [-0.39, 0.29) is 0 Å². The van der Waals surface area contributed by atoms with Crippen molar-refractivity contribution in [3.05, 3.63) is 35.9 Å². The summed E-state index contributed by atoms with van der Waals surface area (Å²) in [5.74, 6) is -0.838. The van der Waals surface area contributed by atoms with Crippen LogP contribution in [0.3, 0.4) is 0 Å². The van der Waals surface area contributed by atoms with Gasteiger partial charge in [-0.25, -0.2) is 0 Å². The van der Waals surface area contributed by atoms with Crippen LogP contribution in [0.4, 0.5) is 0 Å². The van der Waals surface area contributed by atoms with Gasteiger partial charge in [0.05, 0.1) is 0 Å². The Morgan fingerprint density at radius 2 is 1.76 bits per heavy atom. The van der Waals surface area contributed by atoms with Crippen molar-refractivity contribution < 1.29 is 14.4 Å². The molecule has 1 aromatic rings. The summed E-state index contributed by atoms with van der Waals surface area (Å²) in [4.78, 5) is 18.7. The fraction of sp³-hybridized carbons (Fsp3) is 0.500. The summed E-state index contributed by atoms with van der Waals surface area (Å²) >= 11 is 0. The molecule has 0 bridgehead atoms. The van der Waals surface area contributed by atoms with Crippen molar-refractivity contribution in [2.45, 2.75) is 33.1 Å². The second kappa shape index (κ2) is 5.32. The van der Waals surface area contributed by atoms with Gasteiger partial charge in [0.15, 0.2) is 0 Å². The first-order valence-corrected chi connectivity index (χ1v) is 7.22. The van der Waals surface area contributed by atoms with Gasteiger partial charge in [0.2, 0.25) is 0 Å². The first-order chi connectivity index (χ1) is 7.71. The molecule has 0 radical (unpaired) electrons. The van der Waals surface area contributed by atoms with Gasteiger partial charge in [-0.3, -0.25) is 9.88 Å². The SMILES string of the molecule is CC(C)(C)C(NCc1ccccc1)P(=O)(O)O. The normalized spacial score (nSPS) is 14.6. The van der Waals surface area contributed by atoms with Gasteiger partial charge in [0.1, 0.15) is 5.78 Å². The summed E-state index contributed by atoms with van der Waals surface area (Å²) in [6.07, 6.45) is 0. The lowest BCUT2D eigenvalue weighted by molar-refractivity contribution is 0.267. The average molecular weight is 257 g/mol. The van der Waals surface area contributed by atoms with Crippen LogP contribution in [-0.2, 0) is 11.1 Å². The second-order valence-electron chi connectivity index (χ2n) is 5.22. The quantitative estimate of drug-likeness (QED) is 0.724. The molecular formula is C12H20NO3P. The number of rotatable bonds is 4. The van der Waals surface area contributed by atoms with Gasteiger partial charge in [-0.2, -0.15) is 0 Å². The van der Waals surface area contributed by atoms with Crippen LogP contribution in [0.5, 0.6) is 0 Å². The van der Waals surface area contributed by atoms with Crippen molar-refractivity contribution in [2.24, 2.45) is 5.41 Å². The molecule has 1 rings (SSSR count). The summed E-state index contributed by atoms with van der Waals surface area (Å²) in [5, 5.41) is 2.95. The van der Waals surface area contributed by atoms with Crippen molar-refractivity contribution in [3.63, 3.8) is 0 Å². The van der Waals surface area contributed by atoms with Crippen molar-refractivity contribution >= 4 is 7.60 Å². The van der Waals surface area contributed by atoms with Gasteiger partial charge in [-0.05, 0) is 11.0 Å². The topological polar surface area (TPSA) is 69.6 Å². The Balaban J connectivity index is 2.73. The smallest absolute Gasteiger partial charge is 0.323 e. The van der Waals surface area contributed by atoms with E-state index in [0.717, 1.165) is 5.56 Å². The summed E-state index contributed by atoms with van der Waals surface area (Å²) in [6, 6.07) is 9.56. The van der Waals surface area contributed by atoms with Gasteiger partial charge in [-0.1, -0.05) is 51.1 Å². The predicted octanol–water partition coefficient (Wildman–Crippen LogP) is 2.33. The molecule has 1 unspecified atom stereocenters. The first kappa shape index (κ1) is 14.4. The van der Waals surface area contributed by atoms with Crippen molar-refractivity contribution in [2.75, 3.05) is 0 Å². The summed E-state index contributed by atoms with van der Waals surface area (Å²) < 4.78 is 11.4. The average Bonchev–Trinajstić information content (AvgIpc) is 2.15. The number of hydrogen-bond donors (Lipinski definition) is 3. The zero-order valence-electron chi connectivity index (χ0n) is 10.4. The fourth-order valence-electron chi connectivity index (χ4n) is 1.74. The van der Waals surface area contributed by atoms with Crippen LogP contribution in [0.25, 0.3) is 0 Å². The molecule has 0 aliphatic carbocycles. The Hall–Kier alpha value is -0.670. The Bertz CT molecular complexity index is 394. The highest BCUT2D eigenvalue weighted by Crippen LogP contribution is 2.47. The molecule has 0 aromatic heterocycles. The summed E-state index contributed by atoms with van der Waals surface area (Å²) in [6.45, 7) is 5.89. The van der Waals surface area contributed by atoms with Crippen LogP contribution in [0.15, 0.2) is 30.3 Å². The highest BCUT2D eigenvalue weighted by atomic mass is 31.2. The highest BCUT2D eigenvalue weighted by molar-refractivity contribution is 7.52. The predicted molar refractivity (Wildman–Crippen MR) is 68.6 cm³/mol. The van der Waals surface area contributed by atoms with Crippen LogP contribution in [0.1, 0.15) is 26.3 Å². The summed E-state index contributed by atoms with van der Waals surface area (Å²) in [5.41, 5.74) is 0.517.